The molecule has 0 radical (unpaired) electrons. The molecule has 1 aromatic rings. The van der Waals surface area contributed by atoms with Crippen LogP contribution < -0.4 is 10.6 Å². The van der Waals surface area contributed by atoms with Crippen LogP contribution in [0.5, 0.6) is 0 Å². The van der Waals surface area contributed by atoms with Crippen LogP contribution in [0.4, 0.5) is 5.69 Å². The summed E-state index contributed by atoms with van der Waals surface area (Å²) in [6.45, 7) is 6.40. The summed E-state index contributed by atoms with van der Waals surface area (Å²) in [6.07, 6.45) is 0. The molecule has 19 heavy (non-hydrogen) atoms. The maximum Gasteiger partial charge on any atom is 0.173 e. The SMILES string of the molecule is CC1CN(c2cccc(Br)c2/C(N)=N/O)CC(C)S1. The molecular formula is C13H18BrN3OS. The van der Waals surface area contributed by atoms with Gasteiger partial charge in [0.05, 0.1) is 5.56 Å². The van der Waals surface area contributed by atoms with Crippen molar-refractivity contribution in [2.45, 2.75) is 24.3 Å². The van der Waals surface area contributed by atoms with Crippen LogP contribution in [0.15, 0.2) is 27.8 Å². The summed E-state index contributed by atoms with van der Waals surface area (Å²) in [4.78, 5) is 2.31. The van der Waals surface area contributed by atoms with Gasteiger partial charge in [0, 0.05) is 33.7 Å². The first-order valence-electron chi connectivity index (χ1n) is 6.19. The molecule has 0 spiro atoms. The summed E-state index contributed by atoms with van der Waals surface area (Å²) >= 11 is 5.48. The van der Waals surface area contributed by atoms with Crippen molar-refractivity contribution in [1.82, 2.24) is 0 Å². The number of nitrogens with two attached hydrogens (primary N) is 1. The molecular weight excluding hydrogens is 326 g/mol. The number of hydrogen-bond acceptors (Lipinski definition) is 4. The van der Waals surface area contributed by atoms with Crippen molar-refractivity contribution in [2.75, 3.05) is 18.0 Å². The zero-order chi connectivity index (χ0) is 14.0. The van der Waals surface area contributed by atoms with Crippen LogP contribution in [0.2, 0.25) is 0 Å². The Morgan fingerprint density at radius 2 is 2.05 bits per heavy atom. The van der Waals surface area contributed by atoms with Crippen LogP contribution in [0.25, 0.3) is 0 Å². The second kappa shape index (κ2) is 6.05. The van der Waals surface area contributed by atoms with Crippen molar-refractivity contribution in [2.24, 2.45) is 10.9 Å². The number of benzene rings is 1. The minimum Gasteiger partial charge on any atom is -0.409 e. The molecule has 2 atom stereocenters. The van der Waals surface area contributed by atoms with Gasteiger partial charge in [-0.15, -0.1) is 0 Å². The standard InChI is InChI=1S/C13H18BrN3OS/c1-8-6-17(7-9(2)19-8)11-5-3-4-10(14)12(11)13(15)16-18/h3-5,8-9,18H,6-7H2,1-2H3,(H2,15,16). The van der Waals surface area contributed by atoms with E-state index >= 15 is 0 Å². The lowest BCUT2D eigenvalue weighted by molar-refractivity contribution is 0.318. The van der Waals surface area contributed by atoms with Gasteiger partial charge in [-0.1, -0.05) is 25.1 Å². The molecule has 1 aliphatic rings. The second-order valence-corrected chi connectivity index (χ2v) is 7.52. The molecule has 0 bridgehead atoms. The zero-order valence-electron chi connectivity index (χ0n) is 11.0. The Labute approximate surface area is 126 Å². The van der Waals surface area contributed by atoms with E-state index in [1.54, 1.807) is 0 Å². The first-order valence-corrected chi connectivity index (χ1v) is 7.93. The van der Waals surface area contributed by atoms with Crippen molar-refractivity contribution in [3.8, 4) is 0 Å². The first-order chi connectivity index (χ1) is 9.02. The molecule has 3 N–H and O–H groups in total. The maximum atomic E-state index is 8.96. The first kappa shape index (κ1) is 14.5. The third-order valence-corrected chi connectivity index (χ3v) is 5.00. The molecule has 1 aliphatic heterocycles. The van der Waals surface area contributed by atoms with E-state index in [1.165, 1.54) is 0 Å². The van der Waals surface area contributed by atoms with E-state index in [1.807, 2.05) is 30.0 Å². The fourth-order valence-corrected chi connectivity index (χ4v) is 4.34. The van der Waals surface area contributed by atoms with Gasteiger partial charge in [0.1, 0.15) is 0 Å². The lowest BCUT2D eigenvalue weighted by atomic mass is 10.1. The number of oxime groups is 1. The van der Waals surface area contributed by atoms with Crippen molar-refractivity contribution >= 4 is 39.2 Å². The van der Waals surface area contributed by atoms with E-state index in [0.717, 1.165) is 28.8 Å². The van der Waals surface area contributed by atoms with Crippen LogP contribution in [0, 0.1) is 0 Å². The molecule has 6 heteroatoms. The highest BCUT2D eigenvalue weighted by Gasteiger charge is 2.25. The number of anilines is 1. The molecule has 0 aliphatic carbocycles. The quantitative estimate of drug-likeness (QED) is 0.375. The summed E-state index contributed by atoms with van der Waals surface area (Å²) in [7, 11) is 0. The lowest BCUT2D eigenvalue weighted by Crippen LogP contribution is -2.41. The molecule has 0 aromatic heterocycles. The van der Waals surface area contributed by atoms with Gasteiger partial charge >= 0.3 is 0 Å². The van der Waals surface area contributed by atoms with Crippen LogP contribution in [-0.4, -0.2) is 34.6 Å². The van der Waals surface area contributed by atoms with E-state index in [2.05, 4.69) is 39.8 Å². The van der Waals surface area contributed by atoms with Crippen molar-refractivity contribution < 1.29 is 5.21 Å². The average molecular weight is 344 g/mol. The van der Waals surface area contributed by atoms with Crippen molar-refractivity contribution in [1.29, 1.82) is 0 Å². The molecule has 2 rings (SSSR count). The Bertz CT molecular complexity index is 485. The molecule has 1 fully saturated rings. The van der Waals surface area contributed by atoms with E-state index < -0.39 is 0 Å². The van der Waals surface area contributed by atoms with E-state index in [0.29, 0.717) is 10.5 Å². The van der Waals surface area contributed by atoms with Gasteiger partial charge in [0.15, 0.2) is 5.84 Å². The van der Waals surface area contributed by atoms with Crippen LogP contribution in [-0.2, 0) is 0 Å². The van der Waals surface area contributed by atoms with Gasteiger partial charge in [-0.25, -0.2) is 0 Å². The fraction of sp³-hybridized carbons (Fsp3) is 0.462. The van der Waals surface area contributed by atoms with Crippen LogP contribution in [0.3, 0.4) is 0 Å². The van der Waals surface area contributed by atoms with Crippen LogP contribution >= 0.6 is 27.7 Å². The summed E-state index contributed by atoms with van der Waals surface area (Å²) in [5.41, 5.74) is 7.59. The lowest BCUT2D eigenvalue weighted by Gasteiger charge is -2.37. The summed E-state index contributed by atoms with van der Waals surface area (Å²) in [5, 5.41) is 13.2. The van der Waals surface area contributed by atoms with E-state index in [9.17, 15) is 0 Å². The van der Waals surface area contributed by atoms with Crippen molar-refractivity contribution in [3.05, 3.63) is 28.2 Å². The number of nitrogens with zero attached hydrogens (tertiary/aromatic N) is 2. The highest BCUT2D eigenvalue weighted by atomic mass is 79.9. The summed E-state index contributed by atoms with van der Waals surface area (Å²) in [6, 6.07) is 5.90. The van der Waals surface area contributed by atoms with Gasteiger partial charge in [0.25, 0.3) is 0 Å². The number of amidine groups is 1. The van der Waals surface area contributed by atoms with Gasteiger partial charge in [-0.05, 0) is 28.1 Å². The fourth-order valence-electron chi connectivity index (χ4n) is 2.45. The Balaban J connectivity index is 2.41. The molecule has 0 amide bonds. The predicted molar refractivity (Wildman–Crippen MR) is 85.4 cm³/mol. The van der Waals surface area contributed by atoms with Crippen molar-refractivity contribution in [3.63, 3.8) is 0 Å². The smallest absolute Gasteiger partial charge is 0.173 e. The Hall–Kier alpha value is -0.880. The number of halogens is 1. The zero-order valence-corrected chi connectivity index (χ0v) is 13.4. The second-order valence-electron chi connectivity index (χ2n) is 4.78. The maximum absolute atomic E-state index is 8.96. The molecule has 104 valence electrons. The third-order valence-electron chi connectivity index (χ3n) is 3.12. The Kier molecular flexibility index (Phi) is 4.62. The predicted octanol–water partition coefficient (Wildman–Crippen LogP) is 2.87. The summed E-state index contributed by atoms with van der Waals surface area (Å²) in [5.74, 6) is 0.140. The Morgan fingerprint density at radius 3 is 2.63 bits per heavy atom. The normalized spacial score (nSPS) is 24.6. The Morgan fingerprint density at radius 1 is 1.42 bits per heavy atom. The van der Waals surface area contributed by atoms with E-state index in [-0.39, 0.29) is 5.84 Å². The topological polar surface area (TPSA) is 61.8 Å². The minimum absolute atomic E-state index is 0.140. The molecule has 0 saturated carbocycles. The van der Waals surface area contributed by atoms with Gasteiger partial charge in [0.2, 0.25) is 0 Å². The summed E-state index contributed by atoms with van der Waals surface area (Å²) < 4.78 is 0.846. The average Bonchev–Trinajstić information content (AvgIpc) is 2.36. The number of hydrogen-bond donors (Lipinski definition) is 2. The molecule has 2 unspecified atom stereocenters. The van der Waals surface area contributed by atoms with E-state index in [4.69, 9.17) is 10.9 Å². The highest BCUT2D eigenvalue weighted by Crippen LogP contribution is 2.33. The largest absolute Gasteiger partial charge is 0.409 e. The number of thioether (sulfide) groups is 1. The molecule has 4 nitrogen and oxygen atoms in total. The molecule has 1 saturated heterocycles. The number of rotatable bonds is 2. The van der Waals surface area contributed by atoms with Gasteiger partial charge in [-0.2, -0.15) is 11.8 Å². The molecule has 1 heterocycles. The minimum atomic E-state index is 0.140. The highest BCUT2D eigenvalue weighted by molar-refractivity contribution is 9.10. The van der Waals surface area contributed by atoms with Crippen LogP contribution in [0.1, 0.15) is 19.4 Å². The molecule has 1 aromatic carbocycles. The monoisotopic (exact) mass is 343 g/mol. The van der Waals surface area contributed by atoms with Gasteiger partial charge in [-0.3, -0.25) is 0 Å². The third kappa shape index (κ3) is 3.17. The van der Waals surface area contributed by atoms with Gasteiger partial charge < -0.3 is 15.8 Å².